The van der Waals surface area contributed by atoms with Crippen LogP contribution in [0.3, 0.4) is 0 Å². The molecule has 9 heteroatoms. The van der Waals surface area contributed by atoms with Crippen LogP contribution in [0.15, 0.2) is 60.7 Å². The monoisotopic (exact) mass is 494 g/mol. The van der Waals surface area contributed by atoms with Gasteiger partial charge in [0.25, 0.3) is 11.8 Å². The number of carbonyl (C=O) groups is 4. The van der Waals surface area contributed by atoms with Gasteiger partial charge in [-0.25, -0.2) is 0 Å². The lowest BCUT2D eigenvalue weighted by molar-refractivity contribution is -0.127. The highest BCUT2D eigenvalue weighted by Crippen LogP contribution is 2.25. The van der Waals surface area contributed by atoms with Crippen molar-refractivity contribution >= 4 is 51.7 Å². The highest BCUT2D eigenvalue weighted by atomic mass is 35.5. The van der Waals surface area contributed by atoms with E-state index in [1.54, 1.807) is 18.2 Å². The lowest BCUT2D eigenvalue weighted by Gasteiger charge is -2.19. The average molecular weight is 495 g/mol. The summed E-state index contributed by atoms with van der Waals surface area (Å²) in [5.41, 5.74) is 6.90. The zero-order valence-electron chi connectivity index (χ0n) is 19.5. The molecule has 0 saturated heterocycles. The Hall–Kier alpha value is -3.91. The first kappa shape index (κ1) is 25.7. The van der Waals surface area contributed by atoms with Crippen molar-refractivity contribution in [3.05, 3.63) is 77.4 Å². The van der Waals surface area contributed by atoms with E-state index in [1.165, 1.54) is 6.92 Å². The normalized spacial score (nSPS) is 11.4. The zero-order chi connectivity index (χ0) is 25.4. The molecule has 0 radical (unpaired) electrons. The molecule has 0 heterocycles. The van der Waals surface area contributed by atoms with E-state index in [2.05, 4.69) is 21.5 Å². The standard InChI is InChI=1S/C26H27ClN4O4/c1-16(21-9-5-7-18-6-3-4-8-22(18)21)28-26(35)23-14-20(29-17(2)32)12-10-19(23)11-13-24(33)30-31-25(34)15-27/h3-10,12,14,16H,11,13,15H2,1-2H3,(H,28,35)(H,29,32)(H,30,33)(H,31,34)/t16-/m1/s1. The highest BCUT2D eigenvalue weighted by Gasteiger charge is 2.18. The summed E-state index contributed by atoms with van der Waals surface area (Å²) < 4.78 is 0. The summed E-state index contributed by atoms with van der Waals surface area (Å²) in [5, 5.41) is 7.84. The molecule has 0 bridgehead atoms. The molecule has 1 atom stereocenters. The smallest absolute Gasteiger partial charge is 0.253 e. The second-order valence-corrected chi connectivity index (χ2v) is 8.31. The molecule has 182 valence electrons. The van der Waals surface area contributed by atoms with Crippen molar-refractivity contribution in [1.82, 2.24) is 16.2 Å². The van der Waals surface area contributed by atoms with Crippen LogP contribution < -0.4 is 21.5 Å². The summed E-state index contributed by atoms with van der Waals surface area (Å²) in [6, 6.07) is 18.6. The molecule has 0 aromatic heterocycles. The largest absolute Gasteiger partial charge is 0.345 e. The van der Waals surface area contributed by atoms with Crippen LogP contribution >= 0.6 is 11.6 Å². The molecule has 0 unspecified atom stereocenters. The van der Waals surface area contributed by atoms with Crippen molar-refractivity contribution in [2.24, 2.45) is 0 Å². The molecule has 0 aliphatic carbocycles. The van der Waals surface area contributed by atoms with Crippen molar-refractivity contribution < 1.29 is 19.2 Å². The molecule has 0 fully saturated rings. The number of hydrogen-bond acceptors (Lipinski definition) is 4. The summed E-state index contributed by atoms with van der Waals surface area (Å²) in [6.45, 7) is 3.29. The fourth-order valence-electron chi connectivity index (χ4n) is 3.75. The van der Waals surface area contributed by atoms with Crippen LogP contribution in [-0.2, 0) is 20.8 Å². The number of carbonyl (C=O) groups excluding carboxylic acids is 4. The summed E-state index contributed by atoms with van der Waals surface area (Å²) in [7, 11) is 0. The minimum Gasteiger partial charge on any atom is -0.345 e. The molecule has 4 N–H and O–H groups in total. The van der Waals surface area contributed by atoms with Crippen molar-refractivity contribution in [2.45, 2.75) is 32.7 Å². The molecule has 4 amide bonds. The first-order chi connectivity index (χ1) is 16.8. The van der Waals surface area contributed by atoms with E-state index >= 15 is 0 Å². The van der Waals surface area contributed by atoms with Gasteiger partial charge in [-0.3, -0.25) is 30.0 Å². The number of amides is 4. The molecule has 0 saturated carbocycles. The zero-order valence-corrected chi connectivity index (χ0v) is 20.2. The van der Waals surface area contributed by atoms with E-state index in [4.69, 9.17) is 11.6 Å². The van der Waals surface area contributed by atoms with Gasteiger partial charge in [0.05, 0.1) is 6.04 Å². The summed E-state index contributed by atoms with van der Waals surface area (Å²) in [5.74, 6) is -1.82. The molecule has 0 aliphatic rings. The Kier molecular flexibility index (Phi) is 8.80. The van der Waals surface area contributed by atoms with Gasteiger partial charge in [0, 0.05) is 24.6 Å². The van der Waals surface area contributed by atoms with Crippen molar-refractivity contribution in [3.63, 3.8) is 0 Å². The number of rotatable bonds is 8. The lowest BCUT2D eigenvalue weighted by Crippen LogP contribution is -2.42. The maximum absolute atomic E-state index is 13.3. The third kappa shape index (κ3) is 7.04. The summed E-state index contributed by atoms with van der Waals surface area (Å²) >= 11 is 5.39. The molecular formula is C26H27ClN4O4. The number of alkyl halides is 1. The maximum Gasteiger partial charge on any atom is 0.253 e. The van der Waals surface area contributed by atoms with Gasteiger partial charge in [-0.15, -0.1) is 11.6 Å². The van der Waals surface area contributed by atoms with Crippen LogP contribution in [0.25, 0.3) is 10.8 Å². The number of fused-ring (bicyclic) bond motifs is 1. The number of nitrogens with one attached hydrogen (secondary N) is 4. The predicted octanol–water partition coefficient (Wildman–Crippen LogP) is 3.61. The van der Waals surface area contributed by atoms with Crippen molar-refractivity contribution in [1.29, 1.82) is 0 Å². The van der Waals surface area contributed by atoms with Gasteiger partial charge in [0.2, 0.25) is 11.8 Å². The third-order valence-corrected chi connectivity index (χ3v) is 5.64. The topological polar surface area (TPSA) is 116 Å². The number of benzene rings is 3. The minimum atomic E-state index is -0.526. The Balaban J connectivity index is 1.80. The molecule has 35 heavy (non-hydrogen) atoms. The van der Waals surface area contributed by atoms with E-state index in [-0.39, 0.29) is 36.6 Å². The van der Waals surface area contributed by atoms with Crippen molar-refractivity contribution in [2.75, 3.05) is 11.2 Å². The van der Waals surface area contributed by atoms with Crippen LogP contribution in [0, 0.1) is 0 Å². The van der Waals surface area contributed by atoms with Gasteiger partial charge in [-0.05, 0) is 47.4 Å². The van der Waals surface area contributed by atoms with Crippen LogP contribution in [0.1, 0.15) is 47.8 Å². The van der Waals surface area contributed by atoms with Crippen LogP contribution in [0.4, 0.5) is 5.69 Å². The van der Waals surface area contributed by atoms with E-state index in [1.807, 2.05) is 49.4 Å². The Morgan fingerprint density at radius 2 is 1.63 bits per heavy atom. The molecule has 0 spiro atoms. The molecule has 8 nitrogen and oxygen atoms in total. The van der Waals surface area contributed by atoms with Crippen LogP contribution in [0.2, 0.25) is 0 Å². The average Bonchev–Trinajstić information content (AvgIpc) is 2.85. The predicted molar refractivity (Wildman–Crippen MR) is 136 cm³/mol. The summed E-state index contributed by atoms with van der Waals surface area (Å²) in [6.07, 6.45) is 0.273. The Morgan fingerprint density at radius 3 is 2.37 bits per heavy atom. The number of halogens is 1. The fourth-order valence-corrected chi connectivity index (χ4v) is 3.82. The second kappa shape index (κ2) is 12.0. The first-order valence-corrected chi connectivity index (χ1v) is 11.6. The van der Waals surface area contributed by atoms with Crippen LogP contribution in [-0.4, -0.2) is 29.5 Å². The number of hydrazine groups is 1. The quantitative estimate of drug-likeness (QED) is 0.283. The van der Waals surface area contributed by atoms with E-state index < -0.39 is 11.8 Å². The molecular weight excluding hydrogens is 468 g/mol. The molecule has 3 aromatic rings. The third-order valence-electron chi connectivity index (χ3n) is 5.40. The number of aryl methyl sites for hydroxylation is 1. The van der Waals surface area contributed by atoms with E-state index in [0.29, 0.717) is 16.8 Å². The SMILES string of the molecule is CC(=O)Nc1ccc(CCC(=O)NNC(=O)CCl)c(C(=O)N[C@H](C)c2cccc3ccccc23)c1. The summed E-state index contributed by atoms with van der Waals surface area (Å²) in [4.78, 5) is 48.2. The first-order valence-electron chi connectivity index (χ1n) is 11.1. The number of anilines is 1. The molecule has 3 rings (SSSR count). The van der Waals surface area contributed by atoms with E-state index in [0.717, 1.165) is 16.3 Å². The van der Waals surface area contributed by atoms with Gasteiger partial charge in [0.1, 0.15) is 5.88 Å². The van der Waals surface area contributed by atoms with Gasteiger partial charge < -0.3 is 10.6 Å². The fraction of sp³-hybridized carbons (Fsp3) is 0.231. The molecule has 3 aromatic carbocycles. The maximum atomic E-state index is 13.3. The number of hydrogen-bond donors (Lipinski definition) is 4. The van der Waals surface area contributed by atoms with E-state index in [9.17, 15) is 19.2 Å². The van der Waals surface area contributed by atoms with Crippen molar-refractivity contribution in [3.8, 4) is 0 Å². The van der Waals surface area contributed by atoms with Gasteiger partial charge in [0.15, 0.2) is 0 Å². The minimum absolute atomic E-state index is 0.0290. The highest BCUT2D eigenvalue weighted by molar-refractivity contribution is 6.27. The van der Waals surface area contributed by atoms with Gasteiger partial charge >= 0.3 is 0 Å². The van der Waals surface area contributed by atoms with Gasteiger partial charge in [-0.1, -0.05) is 48.5 Å². The Labute approximate surface area is 208 Å². The Bertz CT molecular complexity index is 1260. The Morgan fingerprint density at radius 1 is 0.914 bits per heavy atom. The molecule has 0 aliphatic heterocycles. The lowest BCUT2D eigenvalue weighted by atomic mass is 9.98. The second-order valence-electron chi connectivity index (χ2n) is 8.05. The van der Waals surface area contributed by atoms with Crippen LogP contribution in [0.5, 0.6) is 0 Å². The van der Waals surface area contributed by atoms with Gasteiger partial charge in [-0.2, -0.15) is 0 Å².